The van der Waals surface area contributed by atoms with Crippen molar-refractivity contribution in [2.24, 2.45) is 0 Å². The monoisotopic (exact) mass is 344 g/mol. The largest absolute Gasteiger partial charge is 0.335 e. The van der Waals surface area contributed by atoms with Crippen LogP contribution >= 0.6 is 0 Å². The number of para-hydroxylation sites is 1. The van der Waals surface area contributed by atoms with Crippen molar-refractivity contribution in [2.75, 3.05) is 11.6 Å². The Morgan fingerprint density at radius 2 is 1.71 bits per heavy atom. The fourth-order valence-corrected chi connectivity index (χ4v) is 3.90. The summed E-state index contributed by atoms with van der Waals surface area (Å²) in [5.74, 6) is 0. The topological polar surface area (TPSA) is 75.3 Å². The molecule has 3 rings (SSSR count). The second kappa shape index (κ2) is 6.65. The normalized spacial score (nSPS) is 17.0. The van der Waals surface area contributed by atoms with Gasteiger partial charge in [-0.15, -0.1) is 0 Å². The number of rotatable bonds is 3. The minimum atomic E-state index is -3.39. The second-order valence-corrected chi connectivity index (χ2v) is 8.06. The molecule has 0 radical (unpaired) electrons. The molecular formula is C18H20N2O3S. The fourth-order valence-electron chi connectivity index (χ4n) is 3.06. The number of urea groups is 1. The second-order valence-electron chi connectivity index (χ2n) is 6.08. The van der Waals surface area contributed by atoms with Gasteiger partial charge in [0.15, 0.2) is 9.84 Å². The molecule has 0 spiro atoms. The van der Waals surface area contributed by atoms with Crippen LogP contribution in [-0.4, -0.2) is 26.7 Å². The highest BCUT2D eigenvalue weighted by atomic mass is 32.2. The van der Waals surface area contributed by atoms with Crippen molar-refractivity contribution in [1.29, 1.82) is 0 Å². The summed E-state index contributed by atoms with van der Waals surface area (Å²) in [6.45, 7) is 0. The van der Waals surface area contributed by atoms with Crippen molar-refractivity contribution < 1.29 is 13.2 Å². The summed E-state index contributed by atoms with van der Waals surface area (Å²) in [5, 5.41) is 5.60. The van der Waals surface area contributed by atoms with Crippen LogP contribution < -0.4 is 10.6 Å². The van der Waals surface area contributed by atoms with Crippen LogP contribution in [0.15, 0.2) is 53.4 Å². The van der Waals surface area contributed by atoms with Crippen LogP contribution in [0.2, 0.25) is 0 Å². The first-order valence-electron chi connectivity index (χ1n) is 7.87. The molecule has 0 fully saturated rings. The molecule has 0 aliphatic heterocycles. The van der Waals surface area contributed by atoms with Gasteiger partial charge in [0, 0.05) is 12.3 Å². The van der Waals surface area contributed by atoms with Crippen LogP contribution in [0.25, 0.3) is 0 Å². The molecule has 0 aromatic heterocycles. The lowest BCUT2D eigenvalue weighted by Gasteiger charge is -2.25. The number of amides is 2. The summed E-state index contributed by atoms with van der Waals surface area (Å²) in [5.41, 5.74) is 2.89. The molecule has 6 heteroatoms. The molecule has 0 bridgehead atoms. The SMILES string of the molecule is CS(=O)(=O)c1ccccc1NC(=O)NC1CCc2ccccc2C1. The van der Waals surface area contributed by atoms with Crippen molar-refractivity contribution in [3.8, 4) is 0 Å². The number of aryl methyl sites for hydroxylation is 1. The van der Waals surface area contributed by atoms with E-state index in [-0.39, 0.29) is 17.0 Å². The van der Waals surface area contributed by atoms with Gasteiger partial charge in [0.2, 0.25) is 0 Å². The molecule has 2 N–H and O–H groups in total. The third-order valence-corrected chi connectivity index (χ3v) is 5.37. The van der Waals surface area contributed by atoms with Gasteiger partial charge in [0.05, 0.1) is 10.6 Å². The summed E-state index contributed by atoms with van der Waals surface area (Å²) in [6, 6.07) is 14.3. The van der Waals surface area contributed by atoms with Gasteiger partial charge in [-0.05, 0) is 42.5 Å². The van der Waals surface area contributed by atoms with E-state index in [0.29, 0.717) is 5.69 Å². The third kappa shape index (κ3) is 3.76. The van der Waals surface area contributed by atoms with Gasteiger partial charge in [0.1, 0.15) is 0 Å². The minimum Gasteiger partial charge on any atom is -0.335 e. The quantitative estimate of drug-likeness (QED) is 0.899. The van der Waals surface area contributed by atoms with Crippen molar-refractivity contribution in [3.63, 3.8) is 0 Å². The minimum absolute atomic E-state index is 0.0466. The molecule has 2 aromatic rings. The molecule has 1 aliphatic carbocycles. The Morgan fingerprint density at radius 3 is 2.46 bits per heavy atom. The highest BCUT2D eigenvalue weighted by molar-refractivity contribution is 7.90. The molecule has 1 atom stereocenters. The highest BCUT2D eigenvalue weighted by Gasteiger charge is 2.21. The lowest BCUT2D eigenvalue weighted by Crippen LogP contribution is -2.41. The number of hydrogen-bond donors (Lipinski definition) is 2. The Hall–Kier alpha value is -2.34. The number of nitrogens with one attached hydrogen (secondary N) is 2. The summed E-state index contributed by atoms with van der Waals surface area (Å²) >= 11 is 0. The first kappa shape index (κ1) is 16.5. The van der Waals surface area contributed by atoms with E-state index in [1.165, 1.54) is 17.2 Å². The van der Waals surface area contributed by atoms with E-state index in [0.717, 1.165) is 25.5 Å². The molecule has 2 aromatic carbocycles. The average Bonchev–Trinajstić information content (AvgIpc) is 2.54. The number of hydrogen-bond acceptors (Lipinski definition) is 3. The number of sulfone groups is 1. The predicted molar refractivity (Wildman–Crippen MR) is 94.0 cm³/mol. The van der Waals surface area contributed by atoms with Gasteiger partial charge in [-0.25, -0.2) is 13.2 Å². The summed E-state index contributed by atoms with van der Waals surface area (Å²) in [6.07, 6.45) is 3.72. The molecule has 24 heavy (non-hydrogen) atoms. The third-order valence-electron chi connectivity index (χ3n) is 4.22. The first-order valence-corrected chi connectivity index (χ1v) is 9.76. The van der Waals surface area contributed by atoms with Crippen molar-refractivity contribution in [2.45, 2.75) is 30.2 Å². The lowest BCUT2D eigenvalue weighted by molar-refractivity contribution is 0.247. The van der Waals surface area contributed by atoms with E-state index in [1.807, 2.05) is 12.1 Å². The van der Waals surface area contributed by atoms with E-state index in [4.69, 9.17) is 0 Å². The number of benzene rings is 2. The van der Waals surface area contributed by atoms with Crippen molar-refractivity contribution in [3.05, 3.63) is 59.7 Å². The molecule has 0 saturated heterocycles. The average molecular weight is 344 g/mol. The standard InChI is InChI=1S/C18H20N2O3S/c1-24(22,23)17-9-5-4-8-16(17)20-18(21)19-15-11-10-13-6-2-3-7-14(13)12-15/h2-9,15H,10-12H2,1H3,(H2,19,20,21). The summed E-state index contributed by atoms with van der Waals surface area (Å²) in [4.78, 5) is 12.4. The van der Waals surface area contributed by atoms with Gasteiger partial charge in [-0.2, -0.15) is 0 Å². The van der Waals surface area contributed by atoms with E-state index in [1.54, 1.807) is 18.2 Å². The number of carbonyl (C=O) groups excluding carboxylic acids is 1. The fraction of sp³-hybridized carbons (Fsp3) is 0.278. The van der Waals surface area contributed by atoms with Crippen LogP contribution in [0.4, 0.5) is 10.5 Å². The predicted octanol–water partition coefficient (Wildman–Crippen LogP) is 2.77. The van der Waals surface area contributed by atoms with Crippen LogP contribution in [0.1, 0.15) is 17.5 Å². The Kier molecular flexibility index (Phi) is 4.57. The van der Waals surface area contributed by atoms with Gasteiger partial charge in [-0.1, -0.05) is 36.4 Å². The number of carbonyl (C=O) groups is 1. The summed E-state index contributed by atoms with van der Waals surface area (Å²) in [7, 11) is -3.39. The maximum atomic E-state index is 12.3. The zero-order valence-corrected chi connectivity index (χ0v) is 14.3. The van der Waals surface area contributed by atoms with Crippen molar-refractivity contribution in [1.82, 2.24) is 5.32 Å². The number of fused-ring (bicyclic) bond motifs is 1. The Morgan fingerprint density at radius 1 is 1.04 bits per heavy atom. The maximum absolute atomic E-state index is 12.3. The Bertz CT molecular complexity index is 862. The Labute approximate surface area is 142 Å². The van der Waals surface area contributed by atoms with Gasteiger partial charge >= 0.3 is 6.03 Å². The smallest absolute Gasteiger partial charge is 0.319 e. The van der Waals surface area contributed by atoms with Crippen LogP contribution in [-0.2, 0) is 22.7 Å². The van der Waals surface area contributed by atoms with Crippen LogP contribution in [0, 0.1) is 0 Å². The van der Waals surface area contributed by atoms with Gasteiger partial charge in [0.25, 0.3) is 0 Å². The molecule has 5 nitrogen and oxygen atoms in total. The first-order chi connectivity index (χ1) is 11.4. The maximum Gasteiger partial charge on any atom is 0.319 e. The van der Waals surface area contributed by atoms with E-state index >= 15 is 0 Å². The Balaban J connectivity index is 1.68. The summed E-state index contributed by atoms with van der Waals surface area (Å²) < 4.78 is 23.6. The zero-order chi connectivity index (χ0) is 17.2. The lowest BCUT2D eigenvalue weighted by atomic mass is 9.88. The van der Waals surface area contributed by atoms with Gasteiger partial charge < -0.3 is 10.6 Å². The molecule has 1 aliphatic rings. The molecule has 1 unspecified atom stereocenters. The molecule has 0 saturated carbocycles. The zero-order valence-electron chi connectivity index (χ0n) is 13.5. The highest BCUT2D eigenvalue weighted by Crippen LogP contribution is 2.22. The van der Waals surface area contributed by atoms with E-state index in [9.17, 15) is 13.2 Å². The molecule has 0 heterocycles. The van der Waals surface area contributed by atoms with E-state index < -0.39 is 9.84 Å². The molecular weight excluding hydrogens is 324 g/mol. The van der Waals surface area contributed by atoms with Gasteiger partial charge in [-0.3, -0.25) is 0 Å². The van der Waals surface area contributed by atoms with E-state index in [2.05, 4.69) is 22.8 Å². The van der Waals surface area contributed by atoms with Crippen molar-refractivity contribution >= 4 is 21.6 Å². The van der Waals surface area contributed by atoms with Crippen LogP contribution in [0.3, 0.4) is 0 Å². The molecule has 126 valence electrons. The molecule has 2 amide bonds. The number of anilines is 1. The van der Waals surface area contributed by atoms with Crippen LogP contribution in [0.5, 0.6) is 0 Å².